The van der Waals surface area contributed by atoms with Crippen LogP contribution in [0.4, 0.5) is 0 Å². The second kappa shape index (κ2) is 15.7. The summed E-state index contributed by atoms with van der Waals surface area (Å²) < 4.78 is 2.53. The van der Waals surface area contributed by atoms with Crippen LogP contribution in [0.3, 0.4) is 0 Å². The summed E-state index contributed by atoms with van der Waals surface area (Å²) in [7, 11) is 0. The van der Waals surface area contributed by atoms with Crippen molar-refractivity contribution in [2.45, 2.75) is 122 Å². The van der Waals surface area contributed by atoms with E-state index in [4.69, 9.17) is 0 Å². The van der Waals surface area contributed by atoms with Gasteiger partial charge in [-0.2, -0.15) is 0 Å². The Kier molecular flexibility index (Phi) is 12.3. The van der Waals surface area contributed by atoms with Crippen LogP contribution < -0.4 is 4.57 Å². The van der Waals surface area contributed by atoms with Crippen LogP contribution in [0.5, 0.6) is 0 Å². The molecule has 2 aromatic carbocycles. The van der Waals surface area contributed by atoms with Gasteiger partial charge < -0.3 is 0 Å². The van der Waals surface area contributed by atoms with Crippen LogP contribution >= 0.6 is 0 Å². The highest BCUT2D eigenvalue weighted by Gasteiger charge is 2.41. The molecular formula is C34H51N2+. The predicted molar refractivity (Wildman–Crippen MR) is 154 cm³/mol. The van der Waals surface area contributed by atoms with E-state index < -0.39 is 0 Å². The highest BCUT2D eigenvalue weighted by molar-refractivity contribution is 5.32. The number of nitrogens with zero attached hydrogens (tertiary/aromatic N) is 1. The number of aromatic amines is 1. The van der Waals surface area contributed by atoms with Gasteiger partial charge >= 0.3 is 0 Å². The van der Waals surface area contributed by atoms with Gasteiger partial charge in [0.15, 0.2) is 0 Å². The zero-order valence-corrected chi connectivity index (χ0v) is 23.4. The van der Waals surface area contributed by atoms with Gasteiger partial charge in [0.1, 0.15) is 12.4 Å². The molecule has 1 N–H and O–H groups in total. The van der Waals surface area contributed by atoms with Gasteiger partial charge in [-0.3, -0.25) is 0 Å². The Balaban J connectivity index is 1.67. The number of imidazole rings is 1. The molecule has 0 radical (unpaired) electrons. The summed E-state index contributed by atoms with van der Waals surface area (Å²) in [6.45, 7) is 8.23. The summed E-state index contributed by atoms with van der Waals surface area (Å²) in [6, 6.07) is 22.3. The maximum atomic E-state index is 3.70. The van der Waals surface area contributed by atoms with Crippen molar-refractivity contribution >= 4 is 0 Å². The molecule has 2 heteroatoms. The van der Waals surface area contributed by atoms with E-state index in [2.05, 4.69) is 103 Å². The van der Waals surface area contributed by atoms with Gasteiger partial charge in [0, 0.05) is 5.41 Å². The highest BCUT2D eigenvalue weighted by Crippen LogP contribution is 2.43. The number of hydrogen-bond donors (Lipinski definition) is 1. The zero-order chi connectivity index (χ0) is 25.5. The van der Waals surface area contributed by atoms with Crippen molar-refractivity contribution in [1.82, 2.24) is 4.98 Å². The van der Waals surface area contributed by atoms with Crippen LogP contribution in [0.2, 0.25) is 0 Å². The molecule has 1 aromatic heterocycles. The van der Waals surface area contributed by atoms with E-state index in [0.29, 0.717) is 5.92 Å². The van der Waals surface area contributed by atoms with Crippen LogP contribution in [0.15, 0.2) is 73.1 Å². The van der Waals surface area contributed by atoms with Gasteiger partial charge in [-0.05, 0) is 36.8 Å². The number of benzene rings is 2. The molecule has 3 aromatic rings. The second-order valence-corrected chi connectivity index (χ2v) is 11.0. The van der Waals surface area contributed by atoms with Crippen LogP contribution in [0.25, 0.3) is 0 Å². The molecule has 0 bridgehead atoms. The smallest absolute Gasteiger partial charge is 0.247 e. The molecule has 196 valence electrons. The van der Waals surface area contributed by atoms with E-state index in [1.54, 1.807) is 0 Å². The van der Waals surface area contributed by atoms with Crippen molar-refractivity contribution in [2.75, 3.05) is 0 Å². The Hall–Kier alpha value is -2.35. The first-order chi connectivity index (χ1) is 17.7. The molecular weight excluding hydrogens is 436 g/mol. The van der Waals surface area contributed by atoms with E-state index >= 15 is 0 Å². The molecule has 0 aliphatic rings. The summed E-state index contributed by atoms with van der Waals surface area (Å²) in [5.74, 6) is 1.83. The van der Waals surface area contributed by atoms with Gasteiger partial charge in [-0.1, -0.05) is 139 Å². The average molecular weight is 488 g/mol. The topological polar surface area (TPSA) is 19.7 Å². The summed E-state index contributed by atoms with van der Waals surface area (Å²) in [5, 5.41) is 0. The number of aromatic nitrogens is 2. The molecule has 0 amide bonds. The van der Waals surface area contributed by atoms with Crippen LogP contribution in [-0.4, -0.2) is 4.98 Å². The monoisotopic (exact) mass is 487 g/mol. The van der Waals surface area contributed by atoms with E-state index in [-0.39, 0.29) is 5.41 Å². The van der Waals surface area contributed by atoms with Crippen molar-refractivity contribution in [3.8, 4) is 0 Å². The first kappa shape index (κ1) is 28.2. The molecule has 0 saturated heterocycles. The third-order valence-electron chi connectivity index (χ3n) is 8.07. The zero-order valence-electron chi connectivity index (χ0n) is 23.4. The number of unbranched alkanes of at least 4 members (excludes halogenated alkanes) is 9. The molecule has 0 spiro atoms. The molecule has 2 unspecified atom stereocenters. The van der Waals surface area contributed by atoms with Crippen LogP contribution in [0, 0.1) is 0 Å². The number of H-pyrrole nitrogens is 1. The van der Waals surface area contributed by atoms with E-state index in [0.717, 1.165) is 13.0 Å². The third-order valence-corrected chi connectivity index (χ3v) is 8.07. The molecule has 2 nitrogen and oxygen atoms in total. The van der Waals surface area contributed by atoms with Crippen molar-refractivity contribution in [3.63, 3.8) is 0 Å². The minimum Gasteiger partial charge on any atom is -0.247 e. The van der Waals surface area contributed by atoms with Gasteiger partial charge in [-0.25, -0.2) is 9.55 Å². The maximum Gasteiger partial charge on any atom is 0.258 e. The van der Waals surface area contributed by atoms with Crippen molar-refractivity contribution in [3.05, 3.63) is 90.0 Å². The molecule has 36 heavy (non-hydrogen) atoms. The molecule has 0 fully saturated rings. The number of hydrogen-bond acceptors (Lipinski definition) is 0. The number of aryl methyl sites for hydroxylation is 1. The fourth-order valence-corrected chi connectivity index (χ4v) is 5.95. The van der Waals surface area contributed by atoms with Gasteiger partial charge in [0.05, 0.1) is 12.5 Å². The third kappa shape index (κ3) is 8.36. The summed E-state index contributed by atoms with van der Waals surface area (Å²) in [6.07, 6.45) is 21.7. The first-order valence-electron chi connectivity index (χ1n) is 14.8. The van der Waals surface area contributed by atoms with Crippen LogP contribution in [-0.2, 0) is 18.4 Å². The highest BCUT2D eigenvalue weighted by atomic mass is 15.1. The van der Waals surface area contributed by atoms with Crippen LogP contribution in [0.1, 0.15) is 121 Å². The minimum absolute atomic E-state index is 0.0169. The number of nitrogens with one attached hydrogen (secondary N) is 1. The Bertz CT molecular complexity index is 946. The molecule has 1 heterocycles. The predicted octanol–water partition coefficient (Wildman–Crippen LogP) is 9.31. The Morgan fingerprint density at radius 3 is 1.92 bits per heavy atom. The van der Waals surface area contributed by atoms with Crippen molar-refractivity contribution in [1.29, 1.82) is 0 Å². The van der Waals surface area contributed by atoms with Gasteiger partial charge in [-0.15, -0.1) is 0 Å². The lowest BCUT2D eigenvalue weighted by Gasteiger charge is -2.37. The van der Waals surface area contributed by atoms with E-state index in [9.17, 15) is 0 Å². The lowest BCUT2D eigenvalue weighted by atomic mass is 9.66. The molecule has 0 aliphatic carbocycles. The van der Waals surface area contributed by atoms with Crippen molar-refractivity contribution in [2.24, 2.45) is 0 Å². The van der Waals surface area contributed by atoms with Gasteiger partial charge in [0.25, 0.3) is 5.82 Å². The standard InChI is InChI=1S/C34H50N2/c1-4-6-7-8-9-10-11-12-13-20-27-36-28-26-35-33(36)32(21-5-2)34(3,31-24-18-15-19-25-31)29-30-22-16-14-17-23-30/h14-19,22-26,28,32H,4-13,20-21,27,29H2,1-3H3/p+1. The first-order valence-corrected chi connectivity index (χ1v) is 14.8. The van der Waals surface area contributed by atoms with Gasteiger partial charge in [0.2, 0.25) is 0 Å². The maximum absolute atomic E-state index is 3.70. The number of rotatable bonds is 18. The molecule has 2 atom stereocenters. The Morgan fingerprint density at radius 2 is 1.31 bits per heavy atom. The second-order valence-electron chi connectivity index (χ2n) is 11.0. The van der Waals surface area contributed by atoms with E-state index in [1.165, 1.54) is 94.0 Å². The quantitative estimate of drug-likeness (QED) is 0.136. The summed E-state index contributed by atoms with van der Waals surface area (Å²) >= 11 is 0. The fraction of sp³-hybridized carbons (Fsp3) is 0.559. The minimum atomic E-state index is 0.0169. The van der Waals surface area contributed by atoms with Crippen molar-refractivity contribution < 1.29 is 4.57 Å². The molecule has 3 rings (SSSR count). The summed E-state index contributed by atoms with van der Waals surface area (Å²) in [4.78, 5) is 3.70. The summed E-state index contributed by atoms with van der Waals surface area (Å²) in [5.41, 5.74) is 2.87. The normalized spacial score (nSPS) is 14.0. The Labute approximate surface area is 221 Å². The largest absolute Gasteiger partial charge is 0.258 e. The lowest BCUT2D eigenvalue weighted by molar-refractivity contribution is -0.705. The Morgan fingerprint density at radius 1 is 0.722 bits per heavy atom. The lowest BCUT2D eigenvalue weighted by Crippen LogP contribution is -2.43. The molecule has 0 aliphatic heterocycles. The van der Waals surface area contributed by atoms with E-state index in [1.807, 2.05) is 0 Å². The average Bonchev–Trinajstić information content (AvgIpc) is 3.37. The molecule has 0 saturated carbocycles. The fourth-order valence-electron chi connectivity index (χ4n) is 5.95. The SMILES string of the molecule is CCCCCCCCCCCC[n+]1cc[nH]c1C(CCC)C(C)(Cc1ccccc1)c1ccccc1.